The molecule has 0 rings (SSSR count). The summed E-state index contributed by atoms with van der Waals surface area (Å²) in [5.41, 5.74) is 0. The van der Waals surface area contributed by atoms with Gasteiger partial charge in [-0.05, 0) is 20.1 Å². The van der Waals surface area contributed by atoms with Gasteiger partial charge in [0.2, 0.25) is 0 Å². The predicted octanol–water partition coefficient (Wildman–Crippen LogP) is 1.11. The van der Waals surface area contributed by atoms with Crippen molar-refractivity contribution in [3.63, 3.8) is 0 Å². The van der Waals surface area contributed by atoms with Crippen molar-refractivity contribution >= 4 is 0 Å². The third-order valence-corrected chi connectivity index (χ3v) is 2.62. The highest BCUT2D eigenvalue weighted by Crippen LogP contribution is 1.94. The molecule has 0 saturated carbocycles. The highest BCUT2D eigenvalue weighted by molar-refractivity contribution is 4.59. The second-order valence-corrected chi connectivity index (χ2v) is 3.93. The van der Waals surface area contributed by atoms with Crippen LogP contribution in [0.1, 0.15) is 13.8 Å². The number of nitrogens with one attached hydrogen (secondary N) is 1. The smallest absolute Gasteiger partial charge is 0.251 e. The molecule has 0 aliphatic carbocycles. The van der Waals surface area contributed by atoms with Crippen molar-refractivity contribution in [2.45, 2.75) is 20.3 Å². The van der Waals surface area contributed by atoms with Gasteiger partial charge < -0.3 is 10.2 Å². The third-order valence-electron chi connectivity index (χ3n) is 2.62. The molecule has 0 aliphatic heterocycles. The van der Waals surface area contributed by atoms with Gasteiger partial charge >= 0.3 is 0 Å². The van der Waals surface area contributed by atoms with E-state index in [9.17, 15) is 8.78 Å². The lowest BCUT2D eigenvalue weighted by molar-refractivity contribution is 0.101. The summed E-state index contributed by atoms with van der Waals surface area (Å²) in [6.45, 7) is 9.63. The standard InChI is InChI=1S/C11H25F2N3/c1-4-16(5-2)9-7-14-6-8-15(3)10-11(12)13/h11,14H,4-10H2,1-3H3. The topological polar surface area (TPSA) is 18.5 Å². The van der Waals surface area contributed by atoms with E-state index in [1.165, 1.54) is 0 Å². The lowest BCUT2D eigenvalue weighted by atomic mass is 10.4. The SMILES string of the molecule is CCN(CC)CCNCCN(C)CC(F)F. The van der Waals surface area contributed by atoms with Crippen molar-refractivity contribution in [2.75, 3.05) is 52.9 Å². The van der Waals surface area contributed by atoms with E-state index in [-0.39, 0.29) is 6.54 Å². The fourth-order valence-electron chi connectivity index (χ4n) is 1.50. The van der Waals surface area contributed by atoms with E-state index in [0.717, 1.165) is 32.7 Å². The third kappa shape index (κ3) is 9.00. The zero-order valence-corrected chi connectivity index (χ0v) is 10.7. The number of hydrogen-bond donors (Lipinski definition) is 1. The van der Waals surface area contributed by atoms with Gasteiger partial charge in [0.05, 0.1) is 6.54 Å². The molecule has 0 saturated heterocycles. The average Bonchev–Trinajstić information content (AvgIpc) is 2.22. The molecule has 0 amide bonds. The lowest BCUT2D eigenvalue weighted by Crippen LogP contribution is -2.36. The number of nitrogens with zero attached hydrogens (tertiary/aromatic N) is 2. The number of alkyl halides is 2. The molecule has 0 spiro atoms. The largest absolute Gasteiger partial charge is 0.314 e. The highest BCUT2D eigenvalue weighted by Gasteiger charge is 2.06. The summed E-state index contributed by atoms with van der Waals surface area (Å²) in [5, 5.41) is 3.26. The average molecular weight is 237 g/mol. The molecule has 98 valence electrons. The van der Waals surface area contributed by atoms with Crippen LogP contribution in [-0.2, 0) is 0 Å². The highest BCUT2D eigenvalue weighted by atomic mass is 19.3. The van der Waals surface area contributed by atoms with Crippen molar-refractivity contribution in [2.24, 2.45) is 0 Å². The van der Waals surface area contributed by atoms with Crippen LogP contribution in [-0.4, -0.2) is 69.1 Å². The maximum atomic E-state index is 12.0. The monoisotopic (exact) mass is 237 g/mol. The Morgan fingerprint density at radius 2 is 1.62 bits per heavy atom. The zero-order chi connectivity index (χ0) is 12.4. The minimum Gasteiger partial charge on any atom is -0.314 e. The van der Waals surface area contributed by atoms with Crippen LogP contribution in [0.25, 0.3) is 0 Å². The maximum Gasteiger partial charge on any atom is 0.251 e. The summed E-state index contributed by atoms with van der Waals surface area (Å²) in [6.07, 6.45) is -2.24. The van der Waals surface area contributed by atoms with Gasteiger partial charge in [-0.15, -0.1) is 0 Å². The van der Waals surface area contributed by atoms with Crippen molar-refractivity contribution < 1.29 is 8.78 Å². The summed E-state index contributed by atoms with van der Waals surface area (Å²) in [5.74, 6) is 0. The van der Waals surface area contributed by atoms with Crippen molar-refractivity contribution in [3.8, 4) is 0 Å². The molecule has 0 heterocycles. The van der Waals surface area contributed by atoms with Crippen molar-refractivity contribution in [1.29, 1.82) is 0 Å². The Labute approximate surface area is 97.8 Å². The zero-order valence-electron chi connectivity index (χ0n) is 10.7. The first-order valence-electron chi connectivity index (χ1n) is 5.99. The van der Waals surface area contributed by atoms with Crippen LogP contribution in [0.3, 0.4) is 0 Å². The molecule has 0 radical (unpaired) electrons. The fraction of sp³-hybridized carbons (Fsp3) is 1.00. The Balaban J connectivity index is 3.32. The molecular formula is C11H25F2N3. The molecule has 16 heavy (non-hydrogen) atoms. The predicted molar refractivity (Wildman–Crippen MR) is 64.2 cm³/mol. The molecule has 0 aromatic carbocycles. The Morgan fingerprint density at radius 1 is 1.06 bits per heavy atom. The number of halogens is 2. The van der Waals surface area contributed by atoms with E-state index in [1.807, 2.05) is 0 Å². The summed E-state index contributed by atoms with van der Waals surface area (Å²) in [7, 11) is 1.72. The van der Waals surface area contributed by atoms with Crippen LogP contribution in [0.15, 0.2) is 0 Å². The molecule has 0 bridgehead atoms. The van der Waals surface area contributed by atoms with E-state index in [2.05, 4.69) is 24.1 Å². The van der Waals surface area contributed by atoms with Crippen molar-refractivity contribution in [3.05, 3.63) is 0 Å². The van der Waals surface area contributed by atoms with E-state index < -0.39 is 6.43 Å². The molecule has 0 fully saturated rings. The van der Waals surface area contributed by atoms with Crippen molar-refractivity contribution in [1.82, 2.24) is 15.1 Å². The number of hydrogen-bond acceptors (Lipinski definition) is 3. The molecule has 0 atom stereocenters. The van der Waals surface area contributed by atoms with Gasteiger partial charge in [-0.25, -0.2) is 8.78 Å². The second-order valence-electron chi connectivity index (χ2n) is 3.93. The van der Waals surface area contributed by atoms with Gasteiger partial charge in [0.25, 0.3) is 6.43 Å². The molecular weight excluding hydrogens is 212 g/mol. The van der Waals surface area contributed by atoms with E-state index in [1.54, 1.807) is 11.9 Å². The molecule has 0 unspecified atom stereocenters. The van der Waals surface area contributed by atoms with Gasteiger partial charge in [-0.1, -0.05) is 13.8 Å². The minimum absolute atomic E-state index is 0.141. The normalized spacial score (nSPS) is 12.0. The molecule has 5 heteroatoms. The minimum atomic E-state index is -2.24. The molecule has 1 N–H and O–H groups in total. The Morgan fingerprint density at radius 3 is 2.12 bits per heavy atom. The van der Waals surface area contributed by atoms with Gasteiger partial charge in [0.1, 0.15) is 0 Å². The first kappa shape index (κ1) is 15.7. The van der Waals surface area contributed by atoms with Crippen LogP contribution in [0, 0.1) is 0 Å². The quantitative estimate of drug-likeness (QED) is 0.574. The molecule has 3 nitrogen and oxygen atoms in total. The van der Waals surface area contributed by atoms with E-state index >= 15 is 0 Å². The molecule has 0 aromatic rings. The van der Waals surface area contributed by atoms with Gasteiger partial charge in [0.15, 0.2) is 0 Å². The van der Waals surface area contributed by atoms with Crippen LogP contribution in [0.5, 0.6) is 0 Å². The fourth-order valence-corrected chi connectivity index (χ4v) is 1.50. The van der Waals surface area contributed by atoms with Crippen LogP contribution < -0.4 is 5.32 Å². The Hall–Kier alpha value is -0.260. The van der Waals surface area contributed by atoms with E-state index in [4.69, 9.17) is 0 Å². The van der Waals surface area contributed by atoms with Crippen LogP contribution in [0.2, 0.25) is 0 Å². The lowest BCUT2D eigenvalue weighted by Gasteiger charge is -2.19. The first-order chi connectivity index (χ1) is 7.60. The Bertz CT molecular complexity index is 152. The first-order valence-corrected chi connectivity index (χ1v) is 5.99. The summed E-state index contributed by atoms with van der Waals surface area (Å²) in [6, 6.07) is 0. The van der Waals surface area contributed by atoms with Gasteiger partial charge in [-0.3, -0.25) is 4.90 Å². The van der Waals surface area contributed by atoms with Crippen LogP contribution in [0.4, 0.5) is 8.78 Å². The summed E-state index contributed by atoms with van der Waals surface area (Å²) >= 11 is 0. The Kier molecular flexibility index (Phi) is 9.77. The van der Waals surface area contributed by atoms with Gasteiger partial charge in [-0.2, -0.15) is 0 Å². The number of rotatable bonds is 10. The summed E-state index contributed by atoms with van der Waals surface area (Å²) in [4.78, 5) is 3.98. The molecule has 0 aliphatic rings. The van der Waals surface area contributed by atoms with Gasteiger partial charge in [0, 0.05) is 26.2 Å². The maximum absolute atomic E-state index is 12.0. The second kappa shape index (κ2) is 9.93. The number of likely N-dealkylation sites (N-methyl/N-ethyl adjacent to an activating group) is 2. The van der Waals surface area contributed by atoms with Crippen LogP contribution >= 0.6 is 0 Å². The molecule has 0 aromatic heterocycles. The summed E-state index contributed by atoms with van der Waals surface area (Å²) < 4.78 is 24.0. The van der Waals surface area contributed by atoms with E-state index in [0.29, 0.717) is 6.54 Å².